The Bertz CT molecular complexity index is 429. The molecule has 1 aromatic rings. The fraction of sp³-hybridized carbons (Fsp3) is 0.692. The molecule has 1 aromatic heterocycles. The van der Waals surface area contributed by atoms with E-state index in [0.717, 1.165) is 37.2 Å². The Balaban J connectivity index is 2.13. The second kappa shape index (κ2) is 4.51. The molecule has 0 saturated heterocycles. The zero-order chi connectivity index (χ0) is 12.6. The number of nitrogens with zero attached hydrogens (tertiary/aromatic N) is 2. The third-order valence-corrected chi connectivity index (χ3v) is 3.97. The van der Waals surface area contributed by atoms with Gasteiger partial charge in [0.15, 0.2) is 0 Å². The van der Waals surface area contributed by atoms with Crippen LogP contribution in [0, 0.1) is 26.7 Å². The van der Waals surface area contributed by atoms with Crippen LogP contribution in [0.3, 0.4) is 0 Å². The maximum Gasteiger partial charge on any atom is 0.306 e. The van der Waals surface area contributed by atoms with Crippen molar-refractivity contribution in [3.05, 3.63) is 17.2 Å². The van der Waals surface area contributed by atoms with Crippen LogP contribution < -0.4 is 0 Å². The Kier molecular flexibility index (Phi) is 3.22. The number of aromatic nitrogens is 2. The number of aryl methyl sites for hydroxylation is 2. The Labute approximate surface area is 102 Å². The van der Waals surface area contributed by atoms with Crippen molar-refractivity contribution >= 4 is 5.97 Å². The Morgan fingerprint density at radius 2 is 1.82 bits per heavy atom. The lowest BCUT2D eigenvalue weighted by Gasteiger charge is -2.29. The number of rotatable bonds is 2. The first-order valence-electron chi connectivity index (χ1n) is 6.25. The zero-order valence-corrected chi connectivity index (χ0v) is 10.7. The molecule has 0 aliphatic heterocycles. The zero-order valence-electron chi connectivity index (χ0n) is 10.7. The highest BCUT2D eigenvalue weighted by atomic mass is 16.4. The summed E-state index contributed by atoms with van der Waals surface area (Å²) >= 11 is 0. The van der Waals surface area contributed by atoms with E-state index in [4.69, 9.17) is 5.11 Å². The van der Waals surface area contributed by atoms with Gasteiger partial charge in [0.1, 0.15) is 5.82 Å². The molecule has 0 unspecified atom stereocenters. The van der Waals surface area contributed by atoms with E-state index < -0.39 is 5.97 Å². The molecule has 1 N–H and O–H groups in total. The molecular weight excluding hydrogens is 216 g/mol. The van der Waals surface area contributed by atoms with E-state index in [1.807, 2.05) is 13.8 Å². The van der Waals surface area contributed by atoms with Gasteiger partial charge in [-0.15, -0.1) is 0 Å². The molecule has 1 fully saturated rings. The van der Waals surface area contributed by atoms with Gasteiger partial charge >= 0.3 is 5.97 Å². The number of imidazole rings is 1. The summed E-state index contributed by atoms with van der Waals surface area (Å²) in [4.78, 5) is 15.4. The lowest BCUT2D eigenvalue weighted by molar-refractivity contribution is -0.143. The molecule has 1 saturated carbocycles. The Morgan fingerprint density at radius 3 is 2.24 bits per heavy atom. The third-order valence-electron chi connectivity index (χ3n) is 3.97. The van der Waals surface area contributed by atoms with Gasteiger partial charge in [0.2, 0.25) is 0 Å². The average Bonchev–Trinajstić information content (AvgIpc) is 2.53. The summed E-state index contributed by atoms with van der Waals surface area (Å²) in [6.45, 7) is 6.16. The number of carboxylic acid groups (broad SMARTS) is 1. The van der Waals surface area contributed by atoms with Gasteiger partial charge in [-0.2, -0.15) is 0 Å². The molecule has 4 nitrogen and oxygen atoms in total. The van der Waals surface area contributed by atoms with Crippen molar-refractivity contribution in [2.24, 2.45) is 5.92 Å². The van der Waals surface area contributed by atoms with Gasteiger partial charge in [0, 0.05) is 11.7 Å². The minimum atomic E-state index is -0.640. The second-order valence-corrected chi connectivity index (χ2v) is 5.04. The first-order valence-corrected chi connectivity index (χ1v) is 6.25. The molecule has 1 heterocycles. The minimum Gasteiger partial charge on any atom is -0.481 e. The van der Waals surface area contributed by atoms with E-state index in [1.165, 1.54) is 5.69 Å². The molecule has 1 aliphatic rings. The molecule has 94 valence electrons. The van der Waals surface area contributed by atoms with Gasteiger partial charge < -0.3 is 9.67 Å². The standard InChI is InChI=1S/C13H20N2O2/c1-8-9(2)15(10(3)14-8)12-6-4-11(5-7-12)13(16)17/h11-12H,4-7H2,1-3H3,(H,16,17). The van der Waals surface area contributed by atoms with E-state index in [2.05, 4.69) is 16.5 Å². The predicted octanol–water partition coefficient (Wildman–Crippen LogP) is 2.62. The van der Waals surface area contributed by atoms with Crippen LogP contribution >= 0.6 is 0 Å². The van der Waals surface area contributed by atoms with Crippen LogP contribution in [0.1, 0.15) is 48.9 Å². The first kappa shape index (κ1) is 12.1. The summed E-state index contributed by atoms with van der Waals surface area (Å²) in [7, 11) is 0. The molecule has 0 atom stereocenters. The topological polar surface area (TPSA) is 55.1 Å². The molecule has 17 heavy (non-hydrogen) atoms. The van der Waals surface area contributed by atoms with Crippen LogP contribution in [0.5, 0.6) is 0 Å². The molecule has 2 rings (SSSR count). The number of carboxylic acids is 1. The van der Waals surface area contributed by atoms with Gasteiger partial charge in [0.25, 0.3) is 0 Å². The fourth-order valence-corrected chi connectivity index (χ4v) is 2.91. The lowest BCUT2D eigenvalue weighted by Crippen LogP contribution is -2.24. The fourth-order valence-electron chi connectivity index (χ4n) is 2.91. The summed E-state index contributed by atoms with van der Waals surface area (Å²) in [6, 6.07) is 0.437. The van der Waals surface area contributed by atoms with Crippen LogP contribution in [-0.2, 0) is 4.79 Å². The van der Waals surface area contributed by atoms with E-state index >= 15 is 0 Å². The maximum atomic E-state index is 10.9. The predicted molar refractivity (Wildman–Crippen MR) is 65.1 cm³/mol. The van der Waals surface area contributed by atoms with E-state index in [9.17, 15) is 4.79 Å². The van der Waals surface area contributed by atoms with Gasteiger partial charge in [-0.3, -0.25) is 4.79 Å². The van der Waals surface area contributed by atoms with Crippen LogP contribution in [0.25, 0.3) is 0 Å². The highest BCUT2D eigenvalue weighted by molar-refractivity contribution is 5.70. The molecule has 0 aromatic carbocycles. The monoisotopic (exact) mass is 236 g/mol. The lowest BCUT2D eigenvalue weighted by atomic mass is 9.86. The van der Waals surface area contributed by atoms with E-state index in [1.54, 1.807) is 0 Å². The molecule has 0 amide bonds. The van der Waals surface area contributed by atoms with Crippen LogP contribution in [0.2, 0.25) is 0 Å². The first-order chi connectivity index (χ1) is 8.00. The van der Waals surface area contributed by atoms with Gasteiger partial charge in [-0.25, -0.2) is 4.98 Å². The van der Waals surface area contributed by atoms with Gasteiger partial charge in [-0.1, -0.05) is 0 Å². The average molecular weight is 236 g/mol. The van der Waals surface area contributed by atoms with Crippen LogP contribution in [0.4, 0.5) is 0 Å². The summed E-state index contributed by atoms with van der Waals surface area (Å²) in [5, 5.41) is 8.99. The quantitative estimate of drug-likeness (QED) is 0.858. The van der Waals surface area contributed by atoms with E-state index in [-0.39, 0.29) is 5.92 Å². The van der Waals surface area contributed by atoms with E-state index in [0.29, 0.717) is 6.04 Å². The number of hydrogen-bond donors (Lipinski definition) is 1. The van der Waals surface area contributed by atoms with Crippen molar-refractivity contribution in [1.82, 2.24) is 9.55 Å². The van der Waals surface area contributed by atoms with Crippen molar-refractivity contribution in [3.8, 4) is 0 Å². The molecule has 0 spiro atoms. The number of aliphatic carboxylic acids is 1. The third kappa shape index (κ3) is 2.21. The summed E-state index contributed by atoms with van der Waals surface area (Å²) in [5.74, 6) is 0.272. The smallest absolute Gasteiger partial charge is 0.306 e. The van der Waals surface area contributed by atoms with Crippen molar-refractivity contribution in [2.75, 3.05) is 0 Å². The summed E-state index contributed by atoms with van der Waals surface area (Å²) in [6.07, 6.45) is 3.48. The molecule has 0 bridgehead atoms. The SMILES string of the molecule is Cc1nc(C)n(C2CCC(C(=O)O)CC2)c1C. The van der Waals surface area contributed by atoms with Crippen molar-refractivity contribution in [2.45, 2.75) is 52.5 Å². The normalized spacial score (nSPS) is 24.9. The van der Waals surface area contributed by atoms with Crippen molar-refractivity contribution in [3.63, 3.8) is 0 Å². The van der Waals surface area contributed by atoms with Crippen molar-refractivity contribution < 1.29 is 9.90 Å². The highest BCUT2D eigenvalue weighted by Gasteiger charge is 2.28. The molecule has 1 aliphatic carbocycles. The summed E-state index contributed by atoms with van der Waals surface area (Å²) in [5.41, 5.74) is 2.31. The van der Waals surface area contributed by atoms with Gasteiger partial charge in [0.05, 0.1) is 11.6 Å². The number of hydrogen-bond acceptors (Lipinski definition) is 2. The van der Waals surface area contributed by atoms with Crippen molar-refractivity contribution in [1.29, 1.82) is 0 Å². The van der Waals surface area contributed by atoms with Gasteiger partial charge in [-0.05, 0) is 46.5 Å². The molecule has 0 radical (unpaired) electrons. The Morgan fingerprint density at radius 1 is 1.24 bits per heavy atom. The van der Waals surface area contributed by atoms with Crippen LogP contribution in [-0.4, -0.2) is 20.6 Å². The minimum absolute atomic E-state index is 0.142. The summed E-state index contributed by atoms with van der Waals surface area (Å²) < 4.78 is 2.29. The Hall–Kier alpha value is -1.32. The highest BCUT2D eigenvalue weighted by Crippen LogP contribution is 2.34. The largest absolute Gasteiger partial charge is 0.481 e. The molecular formula is C13H20N2O2. The second-order valence-electron chi connectivity index (χ2n) is 5.04. The maximum absolute atomic E-state index is 10.9. The number of carbonyl (C=O) groups is 1. The van der Waals surface area contributed by atoms with Crippen LogP contribution in [0.15, 0.2) is 0 Å². The molecule has 4 heteroatoms.